The number of nitro groups is 1. The summed E-state index contributed by atoms with van der Waals surface area (Å²) in [6, 6.07) is 3.66. The van der Waals surface area contributed by atoms with E-state index < -0.39 is 10.7 Å². The Bertz CT molecular complexity index is 480. The first kappa shape index (κ1) is 7.66. The Morgan fingerprint density at radius 3 is 3.00 bits per heavy atom. The second kappa shape index (κ2) is 2.51. The van der Waals surface area contributed by atoms with Crippen molar-refractivity contribution in [1.29, 1.82) is 0 Å². The van der Waals surface area contributed by atoms with E-state index in [-0.39, 0.29) is 11.2 Å². The predicted molar refractivity (Wildman–Crippen MR) is 42.7 cm³/mol. The topological polar surface area (TPSA) is 71.8 Å². The third-order valence-corrected chi connectivity index (χ3v) is 1.68. The largest absolute Gasteiger partial charge is 0.358 e. The highest BCUT2D eigenvalue weighted by Gasteiger charge is 2.14. The molecule has 0 unspecified atom stereocenters. The Morgan fingerprint density at radius 2 is 2.31 bits per heavy atom. The molecule has 0 aliphatic carbocycles. The van der Waals surface area contributed by atoms with E-state index in [4.69, 9.17) is 0 Å². The fraction of sp³-hybridized carbons (Fsp3) is 0. The lowest BCUT2D eigenvalue weighted by Crippen LogP contribution is -1.87. The predicted octanol–water partition coefficient (Wildman–Crippen LogP) is 1.61. The summed E-state index contributed by atoms with van der Waals surface area (Å²) in [4.78, 5) is 9.77. The van der Waals surface area contributed by atoms with E-state index in [9.17, 15) is 14.5 Å². The number of fused-ring (bicyclic) bond motifs is 1. The van der Waals surface area contributed by atoms with Crippen molar-refractivity contribution in [1.82, 2.24) is 10.2 Å². The van der Waals surface area contributed by atoms with Crippen LogP contribution in [0, 0.1) is 15.9 Å². The monoisotopic (exact) mass is 181 g/mol. The van der Waals surface area contributed by atoms with Crippen LogP contribution in [0.5, 0.6) is 0 Å². The zero-order valence-corrected chi connectivity index (χ0v) is 6.32. The van der Waals surface area contributed by atoms with E-state index in [1.54, 1.807) is 0 Å². The first-order valence-corrected chi connectivity index (χ1v) is 3.46. The van der Waals surface area contributed by atoms with Crippen LogP contribution in [0.1, 0.15) is 0 Å². The van der Waals surface area contributed by atoms with Crippen molar-refractivity contribution in [2.45, 2.75) is 0 Å². The fourth-order valence-electron chi connectivity index (χ4n) is 1.11. The lowest BCUT2D eigenvalue weighted by atomic mass is 10.2. The molecule has 2 rings (SSSR count). The maximum absolute atomic E-state index is 12.7. The van der Waals surface area contributed by atoms with Gasteiger partial charge in [0.2, 0.25) is 0 Å². The molecule has 0 aliphatic rings. The molecule has 13 heavy (non-hydrogen) atoms. The molecule has 0 saturated heterocycles. The molecule has 5 nitrogen and oxygen atoms in total. The molecular formula is C7H4FN3O2. The van der Waals surface area contributed by atoms with E-state index in [1.807, 2.05) is 0 Å². The first-order chi connectivity index (χ1) is 6.18. The summed E-state index contributed by atoms with van der Waals surface area (Å²) in [7, 11) is 0. The van der Waals surface area contributed by atoms with Gasteiger partial charge in [-0.3, -0.25) is 0 Å². The third kappa shape index (κ3) is 1.12. The van der Waals surface area contributed by atoms with Gasteiger partial charge in [0, 0.05) is 0 Å². The van der Waals surface area contributed by atoms with E-state index in [0.717, 1.165) is 6.07 Å². The van der Waals surface area contributed by atoms with Gasteiger partial charge in [-0.25, -0.2) is 4.39 Å². The minimum atomic E-state index is -0.630. The lowest BCUT2D eigenvalue weighted by molar-refractivity contribution is -0.387. The molecule has 0 bridgehead atoms. The molecule has 0 saturated carbocycles. The van der Waals surface area contributed by atoms with Gasteiger partial charge in [-0.1, -0.05) is 5.10 Å². The number of hydrogen-bond donors (Lipinski definition) is 1. The van der Waals surface area contributed by atoms with E-state index in [1.165, 1.54) is 12.1 Å². The molecule has 0 fully saturated rings. The molecule has 0 spiro atoms. The Balaban J connectivity index is 2.79. The van der Waals surface area contributed by atoms with Gasteiger partial charge in [0.1, 0.15) is 16.7 Å². The van der Waals surface area contributed by atoms with Crippen LogP contribution in [-0.4, -0.2) is 15.1 Å². The number of nitrogens with one attached hydrogen (secondary N) is 1. The van der Waals surface area contributed by atoms with Crippen molar-refractivity contribution in [2.75, 3.05) is 0 Å². The molecule has 1 heterocycles. The Morgan fingerprint density at radius 1 is 1.54 bits per heavy atom. The summed E-state index contributed by atoms with van der Waals surface area (Å²) in [5.74, 6) is -0.800. The normalized spacial score (nSPS) is 10.5. The fourth-order valence-corrected chi connectivity index (χ4v) is 1.11. The van der Waals surface area contributed by atoms with Gasteiger partial charge in [0.15, 0.2) is 0 Å². The van der Waals surface area contributed by atoms with Crippen LogP contribution >= 0.6 is 0 Å². The second-order valence-corrected chi connectivity index (χ2v) is 2.49. The number of halogens is 1. The SMILES string of the molecule is O=[N+]([O-])c1[nH]nc2ccc(F)cc12. The Kier molecular flexibility index (Phi) is 1.48. The summed E-state index contributed by atoms with van der Waals surface area (Å²) in [6.45, 7) is 0. The molecule has 6 heteroatoms. The summed E-state index contributed by atoms with van der Waals surface area (Å²) in [5.41, 5.74) is 0.383. The van der Waals surface area contributed by atoms with Crippen molar-refractivity contribution in [3.05, 3.63) is 34.1 Å². The quantitative estimate of drug-likeness (QED) is 0.536. The molecule has 0 amide bonds. The summed E-state index contributed by atoms with van der Waals surface area (Å²) < 4.78 is 12.7. The van der Waals surface area contributed by atoms with E-state index in [0.29, 0.717) is 5.52 Å². The van der Waals surface area contributed by atoms with Crippen molar-refractivity contribution < 1.29 is 9.31 Å². The zero-order chi connectivity index (χ0) is 9.42. The number of H-pyrrole nitrogens is 1. The smallest absolute Gasteiger partial charge is 0.350 e. The molecule has 0 aliphatic heterocycles. The number of hydrogen-bond acceptors (Lipinski definition) is 3. The molecule has 1 N–H and O–H groups in total. The number of aromatic amines is 1. The summed E-state index contributed by atoms with van der Waals surface area (Å²) >= 11 is 0. The summed E-state index contributed by atoms with van der Waals surface area (Å²) in [5, 5.41) is 16.5. The molecule has 66 valence electrons. The molecular weight excluding hydrogens is 177 g/mol. The van der Waals surface area contributed by atoms with Gasteiger partial charge in [0.05, 0.1) is 0 Å². The van der Waals surface area contributed by atoms with Gasteiger partial charge >= 0.3 is 5.82 Å². The highest BCUT2D eigenvalue weighted by Crippen LogP contribution is 2.22. The standard InChI is InChI=1S/C7H4FN3O2/c8-4-1-2-6-5(3-4)7(10-9-6)11(12)13/h1-3H,(H,9,10). The summed E-state index contributed by atoms with van der Waals surface area (Å²) in [6.07, 6.45) is 0. The zero-order valence-electron chi connectivity index (χ0n) is 6.32. The number of aromatic nitrogens is 2. The average molecular weight is 181 g/mol. The van der Waals surface area contributed by atoms with Gasteiger partial charge in [-0.2, -0.15) is 0 Å². The minimum absolute atomic E-state index is 0.185. The highest BCUT2D eigenvalue weighted by molar-refractivity contribution is 5.86. The molecule has 0 atom stereocenters. The average Bonchev–Trinajstić information content (AvgIpc) is 2.46. The van der Waals surface area contributed by atoms with Crippen LogP contribution in [0.25, 0.3) is 10.9 Å². The Hall–Kier alpha value is -1.98. The van der Waals surface area contributed by atoms with Crippen molar-refractivity contribution in [3.8, 4) is 0 Å². The van der Waals surface area contributed by atoms with Gasteiger partial charge in [0.25, 0.3) is 0 Å². The van der Waals surface area contributed by atoms with Crippen LogP contribution < -0.4 is 0 Å². The first-order valence-electron chi connectivity index (χ1n) is 3.46. The van der Waals surface area contributed by atoms with Crippen LogP contribution in [0.2, 0.25) is 0 Å². The van der Waals surface area contributed by atoms with Crippen LogP contribution in [-0.2, 0) is 0 Å². The van der Waals surface area contributed by atoms with Crippen molar-refractivity contribution in [2.24, 2.45) is 0 Å². The minimum Gasteiger partial charge on any atom is -0.358 e. The Labute approximate surface area is 71.3 Å². The van der Waals surface area contributed by atoms with Gasteiger partial charge in [-0.15, -0.1) is 5.10 Å². The number of benzene rings is 1. The maximum atomic E-state index is 12.7. The number of rotatable bonds is 1. The molecule has 0 radical (unpaired) electrons. The number of nitrogens with zero attached hydrogens (tertiary/aromatic N) is 2. The van der Waals surface area contributed by atoms with Crippen molar-refractivity contribution >= 4 is 16.7 Å². The molecule has 1 aromatic carbocycles. The maximum Gasteiger partial charge on any atom is 0.350 e. The van der Waals surface area contributed by atoms with E-state index >= 15 is 0 Å². The van der Waals surface area contributed by atoms with Gasteiger partial charge in [-0.05, 0) is 23.1 Å². The van der Waals surface area contributed by atoms with Crippen LogP contribution in [0.3, 0.4) is 0 Å². The lowest BCUT2D eigenvalue weighted by Gasteiger charge is -1.90. The highest BCUT2D eigenvalue weighted by atomic mass is 19.1. The second-order valence-electron chi connectivity index (χ2n) is 2.49. The molecule has 2 aromatic rings. The van der Waals surface area contributed by atoms with E-state index in [2.05, 4.69) is 10.2 Å². The molecule has 1 aromatic heterocycles. The van der Waals surface area contributed by atoms with Crippen LogP contribution in [0.15, 0.2) is 18.2 Å². The van der Waals surface area contributed by atoms with Gasteiger partial charge < -0.3 is 10.1 Å². The third-order valence-electron chi connectivity index (χ3n) is 1.68. The van der Waals surface area contributed by atoms with Crippen molar-refractivity contribution in [3.63, 3.8) is 0 Å². The van der Waals surface area contributed by atoms with Crippen LogP contribution in [0.4, 0.5) is 10.2 Å².